The van der Waals surface area contributed by atoms with Gasteiger partial charge in [-0.05, 0) is 92.5 Å². The zero-order chi connectivity index (χ0) is 49.4. The predicted molar refractivity (Wildman–Crippen MR) is 256 cm³/mol. The van der Waals surface area contributed by atoms with E-state index in [1.165, 1.54) is 21.5 Å². The first-order valence-electron chi connectivity index (χ1n) is 21.9. The number of aromatic nitrogens is 6. The van der Waals surface area contributed by atoms with Gasteiger partial charge in [0.15, 0.2) is 0 Å². The van der Waals surface area contributed by atoms with Crippen LogP contribution in [0.1, 0.15) is 97.1 Å². The number of nitrogens with zero attached hydrogens (tertiary/aromatic N) is 5. The van der Waals surface area contributed by atoms with E-state index in [2.05, 4.69) is 20.4 Å². The average Bonchev–Trinajstić information content (AvgIpc) is 4.09. The fourth-order valence-electron chi connectivity index (χ4n) is 6.86. The van der Waals surface area contributed by atoms with Gasteiger partial charge in [-0.2, -0.15) is 24.7 Å². The normalized spacial score (nSPS) is 17.3. The Balaban J connectivity index is 0.000000214. The number of aliphatic carboxylic acids is 1. The van der Waals surface area contributed by atoms with Gasteiger partial charge < -0.3 is 48.0 Å². The molecule has 4 atom stereocenters. The lowest BCUT2D eigenvalue weighted by molar-refractivity contribution is -0.145. The summed E-state index contributed by atoms with van der Waals surface area (Å²) in [4.78, 5) is 58.8. The van der Waals surface area contributed by atoms with Gasteiger partial charge in [-0.15, -0.1) is 4.21 Å². The highest BCUT2D eigenvalue weighted by Crippen LogP contribution is 2.50. The number of para-hydroxylation sites is 3. The summed E-state index contributed by atoms with van der Waals surface area (Å²) in [5.41, 5.74) is 3.22. The van der Waals surface area contributed by atoms with E-state index in [-0.39, 0.29) is 53.6 Å². The minimum absolute atomic E-state index is 0. The summed E-state index contributed by atoms with van der Waals surface area (Å²) in [6.45, 7) is 15.0. The van der Waals surface area contributed by atoms with Crippen LogP contribution in [0, 0.1) is 11.8 Å². The van der Waals surface area contributed by atoms with E-state index in [9.17, 15) is 28.2 Å². The van der Waals surface area contributed by atoms with Gasteiger partial charge in [0.1, 0.15) is 30.0 Å². The summed E-state index contributed by atoms with van der Waals surface area (Å²) in [6, 6.07) is 22.5. The molecular formula is C49H61IN6O11S. The molecule has 4 unspecified atom stereocenters. The molecule has 17 nitrogen and oxygen atoms in total. The van der Waals surface area contributed by atoms with Crippen molar-refractivity contribution in [3.05, 3.63) is 96.0 Å². The molecule has 0 radical (unpaired) electrons. The highest BCUT2D eigenvalue weighted by molar-refractivity contribution is 8.00. The van der Waals surface area contributed by atoms with Crippen molar-refractivity contribution in [1.82, 2.24) is 29.8 Å². The van der Waals surface area contributed by atoms with Gasteiger partial charge in [0, 0.05) is 39.8 Å². The van der Waals surface area contributed by atoms with Crippen molar-refractivity contribution in [2.24, 2.45) is 11.8 Å². The number of fused-ring (bicyclic) bond motifs is 3. The molecule has 0 spiro atoms. The second-order valence-corrected chi connectivity index (χ2v) is 22.0. The first-order valence-corrected chi connectivity index (χ1v) is 24.7. The summed E-state index contributed by atoms with van der Waals surface area (Å²) in [7, 11) is -1.42. The Morgan fingerprint density at radius 2 is 1.21 bits per heavy atom. The third-order valence-corrected chi connectivity index (χ3v) is 9.73. The van der Waals surface area contributed by atoms with Gasteiger partial charge in [-0.1, -0.05) is 54.6 Å². The maximum Gasteiger partial charge on any atom is 0.435 e. The molecule has 2 fully saturated rings. The van der Waals surface area contributed by atoms with Crippen molar-refractivity contribution < 1.29 is 76.2 Å². The second kappa shape index (κ2) is 22.9. The van der Waals surface area contributed by atoms with Crippen molar-refractivity contribution in [1.29, 1.82) is 0 Å². The smallest absolute Gasteiger partial charge is 0.435 e. The number of carboxylic acids is 1. The summed E-state index contributed by atoms with van der Waals surface area (Å²) >= 11 is 0. The number of nitrogens with one attached hydrogen (secondary N) is 1. The molecule has 0 aliphatic heterocycles. The Bertz CT molecular complexity index is 2820. The van der Waals surface area contributed by atoms with Crippen LogP contribution >= 0.6 is 0 Å². The Labute approximate surface area is 413 Å². The molecule has 2 N–H and O–H groups in total. The summed E-state index contributed by atoms with van der Waals surface area (Å²) in [6.07, 6.45) is 8.31. The van der Waals surface area contributed by atoms with Crippen LogP contribution in [-0.2, 0) is 47.5 Å². The molecule has 2 aliphatic carbocycles. The number of carbonyl (C=O) groups is 5. The second-order valence-electron chi connectivity index (χ2n) is 18.5. The summed E-state index contributed by atoms with van der Waals surface area (Å²) < 4.78 is 33.4. The maximum absolute atomic E-state index is 12.4. The Hall–Kier alpha value is -5.96. The van der Waals surface area contributed by atoms with Gasteiger partial charge >= 0.3 is 30.1 Å². The number of hydrogen-bond acceptors (Lipinski definition) is 13. The minimum Gasteiger partial charge on any atom is -1.00 e. The van der Waals surface area contributed by atoms with Crippen LogP contribution < -0.4 is 24.0 Å². The number of benzene rings is 3. The number of carbonyl (C=O) groups excluding carboxylic acids is 4. The van der Waals surface area contributed by atoms with E-state index >= 15 is 0 Å². The molecule has 3 aromatic heterocycles. The number of H-pyrrole nitrogens is 1. The summed E-state index contributed by atoms with van der Waals surface area (Å²) in [5.74, 6) is -1.64. The van der Waals surface area contributed by atoms with Crippen molar-refractivity contribution >= 4 is 78.8 Å². The van der Waals surface area contributed by atoms with Gasteiger partial charge in [0.2, 0.25) is 0 Å². The first-order chi connectivity index (χ1) is 31.4. The van der Waals surface area contributed by atoms with Gasteiger partial charge in [0.05, 0.1) is 62.9 Å². The third-order valence-electron chi connectivity index (χ3n) is 9.73. The minimum atomic E-state index is -1.42. The zero-order valence-electron chi connectivity index (χ0n) is 40.3. The molecule has 68 heavy (non-hydrogen) atoms. The molecule has 0 amide bonds. The number of esters is 2. The van der Waals surface area contributed by atoms with E-state index < -0.39 is 45.3 Å². The van der Waals surface area contributed by atoms with Crippen LogP contribution in [0.15, 0.2) is 78.9 Å². The Morgan fingerprint density at radius 1 is 0.721 bits per heavy atom. The van der Waals surface area contributed by atoms with E-state index in [4.69, 9.17) is 24.1 Å². The number of carboxylic acid groups (broad SMARTS) is 1. The van der Waals surface area contributed by atoms with Gasteiger partial charge in [0.25, 0.3) is 0 Å². The van der Waals surface area contributed by atoms with E-state index in [1.807, 2.05) is 87.5 Å². The van der Waals surface area contributed by atoms with Crippen LogP contribution in [0.3, 0.4) is 0 Å². The molecule has 0 bridgehead atoms. The molecule has 3 aromatic carbocycles. The molecule has 6 aromatic rings. The highest BCUT2D eigenvalue weighted by Gasteiger charge is 2.48. The molecule has 8 rings (SSSR count). The lowest BCUT2D eigenvalue weighted by Crippen LogP contribution is -3.00. The van der Waals surface area contributed by atoms with Crippen molar-refractivity contribution in [3.63, 3.8) is 0 Å². The molecule has 19 heteroatoms. The third kappa shape index (κ3) is 15.3. The van der Waals surface area contributed by atoms with Crippen molar-refractivity contribution in [3.8, 4) is 0 Å². The number of aromatic amines is 1. The largest absolute Gasteiger partial charge is 1.00 e. The fraction of sp³-hybridized carbons (Fsp3) is 0.429. The average molecular weight is 1070 g/mol. The number of halogens is 1. The standard InChI is InChI=1S/C18H22N2O4.C17H20N2O4.C11H10N2O2.C3H9OS.HI/c1-5-23-16(21)13-10-12(13)15-11-8-6-7-9-14(11)20(19-15)17(22)24-18(2,3)4;1-5-22-15(20)11-10-13-12-8-6-7-9-14(12)19(18-13)16(21)23-17(2,3)4;14-11(15)8-5-7(8)10-6-3-1-2-4-9(6)12-13-10;1-5(2,3)4;/h6-9,12-13H,5,10H2,1-4H3;6-11H,5H2,1-4H3;1-4,7-8H,5H2,(H,12,13)(H,14,15);1-3H3;1H/q;;;+1;/p-1/b;11-10+;;;. The van der Waals surface area contributed by atoms with Crippen LogP contribution in [0.25, 0.3) is 38.8 Å². The van der Waals surface area contributed by atoms with Crippen LogP contribution in [0.4, 0.5) is 9.59 Å². The lowest BCUT2D eigenvalue weighted by Gasteiger charge is -2.19. The molecule has 2 saturated carbocycles. The maximum atomic E-state index is 12.4. The van der Waals surface area contributed by atoms with E-state index in [1.54, 1.807) is 59.5 Å². The van der Waals surface area contributed by atoms with Crippen molar-refractivity contribution in [2.75, 3.05) is 32.0 Å². The van der Waals surface area contributed by atoms with Crippen LogP contribution in [0.2, 0.25) is 0 Å². The van der Waals surface area contributed by atoms with Crippen molar-refractivity contribution in [2.45, 2.75) is 91.3 Å². The quantitative estimate of drug-likeness (QED) is 0.0586. The van der Waals surface area contributed by atoms with E-state index in [0.717, 1.165) is 39.5 Å². The lowest BCUT2D eigenvalue weighted by atomic mass is 10.1. The van der Waals surface area contributed by atoms with Gasteiger partial charge in [-0.3, -0.25) is 14.7 Å². The monoisotopic (exact) mass is 1070 g/mol. The summed E-state index contributed by atoms with van der Waals surface area (Å²) in [5, 5.41) is 27.4. The Morgan fingerprint density at radius 3 is 1.74 bits per heavy atom. The molecule has 2 aliphatic rings. The molecule has 3 heterocycles. The predicted octanol–water partition coefficient (Wildman–Crippen LogP) is 6.01. The van der Waals surface area contributed by atoms with Gasteiger partial charge in [-0.25, -0.2) is 14.4 Å². The Kier molecular flexibility index (Phi) is 18.4. The number of hydrogen-bond donors (Lipinski definition) is 2. The zero-order valence-corrected chi connectivity index (χ0v) is 43.2. The van der Waals surface area contributed by atoms with Crippen LogP contribution in [0.5, 0.6) is 0 Å². The molecular weight excluding hydrogens is 1010 g/mol. The first kappa shape index (κ1) is 54.6. The SMILES string of the molecule is CCOC(=O)/C=C/c1nn(C(=O)OC(C)(C)C)c2ccccc12.CCOC(=O)C1CC1c1nn(C(=O)OC(C)(C)C)c2ccccc12.C[S+](C)(C)=O.O=C(O)C1CC1c1[nH]nc2ccccc12.[I-]. The molecule has 366 valence electrons. The highest BCUT2D eigenvalue weighted by atomic mass is 127. The fourth-order valence-corrected chi connectivity index (χ4v) is 6.86. The topological polar surface area (TPSA) is 224 Å². The van der Waals surface area contributed by atoms with Crippen LogP contribution in [-0.4, -0.2) is 108 Å². The molecule has 0 saturated heterocycles. The number of rotatable bonds is 8. The number of ether oxygens (including phenoxy) is 4. The van der Waals surface area contributed by atoms with E-state index in [0.29, 0.717) is 36.4 Å².